The molecule has 2 fully saturated rings. The molecule has 2 aromatic rings. The summed E-state index contributed by atoms with van der Waals surface area (Å²) in [5.74, 6) is 1.07. The third-order valence-corrected chi connectivity index (χ3v) is 6.68. The quantitative estimate of drug-likeness (QED) is 0.562. The van der Waals surface area contributed by atoms with Crippen molar-refractivity contribution in [3.63, 3.8) is 0 Å². The van der Waals surface area contributed by atoms with Crippen LogP contribution in [-0.4, -0.2) is 88.3 Å². The maximum absolute atomic E-state index is 13.4. The van der Waals surface area contributed by atoms with Crippen LogP contribution in [0.5, 0.6) is 5.88 Å². The average Bonchev–Trinajstić information content (AvgIpc) is 3.21. The number of hydrogen-bond donors (Lipinski definition) is 0. The summed E-state index contributed by atoms with van der Waals surface area (Å²) >= 11 is 0. The molecule has 0 bridgehead atoms. The van der Waals surface area contributed by atoms with Gasteiger partial charge in [-0.05, 0) is 51.1 Å². The summed E-state index contributed by atoms with van der Waals surface area (Å²) in [6.45, 7) is 4.81. The highest BCUT2D eigenvalue weighted by atomic mass is 16.5. The van der Waals surface area contributed by atoms with Crippen LogP contribution in [0, 0.1) is 5.92 Å². The Bertz CT molecular complexity index is 870. The van der Waals surface area contributed by atoms with Crippen LogP contribution in [0.1, 0.15) is 38.5 Å². The minimum Gasteiger partial charge on any atom is -0.479 e. The molecule has 0 aliphatic carbocycles. The van der Waals surface area contributed by atoms with Crippen molar-refractivity contribution in [2.75, 3.05) is 47.0 Å². The van der Waals surface area contributed by atoms with Gasteiger partial charge in [-0.3, -0.25) is 4.79 Å². The molecule has 4 heterocycles. The smallest absolute Gasteiger partial charge is 0.245 e. The minimum absolute atomic E-state index is 0.0981. The van der Waals surface area contributed by atoms with Gasteiger partial charge in [-0.1, -0.05) is 6.42 Å². The molecular formula is C22H34N6O3. The number of imidazole rings is 1. The van der Waals surface area contributed by atoms with Crippen molar-refractivity contribution in [3.8, 4) is 5.88 Å². The molecule has 0 N–H and O–H groups in total. The number of amides is 1. The third-order valence-electron chi connectivity index (χ3n) is 6.68. The average molecular weight is 431 g/mol. The predicted molar refractivity (Wildman–Crippen MR) is 117 cm³/mol. The number of ether oxygens (including phenoxy) is 2. The summed E-state index contributed by atoms with van der Waals surface area (Å²) < 4.78 is 12.3. The molecule has 2 aromatic heterocycles. The van der Waals surface area contributed by atoms with Crippen LogP contribution in [-0.2, 0) is 16.1 Å². The van der Waals surface area contributed by atoms with Crippen LogP contribution in [0.3, 0.4) is 0 Å². The third kappa shape index (κ3) is 4.98. The molecule has 0 radical (unpaired) electrons. The maximum Gasteiger partial charge on any atom is 0.245 e. The topological polar surface area (TPSA) is 85.6 Å². The number of aromatic nitrogens is 4. The lowest BCUT2D eigenvalue weighted by Gasteiger charge is -2.45. The first-order valence-electron chi connectivity index (χ1n) is 11.4. The van der Waals surface area contributed by atoms with E-state index in [0.717, 1.165) is 13.0 Å². The molecule has 31 heavy (non-hydrogen) atoms. The van der Waals surface area contributed by atoms with E-state index in [2.05, 4.69) is 19.9 Å². The fourth-order valence-electron chi connectivity index (χ4n) is 5.16. The van der Waals surface area contributed by atoms with Crippen LogP contribution >= 0.6 is 0 Å². The molecule has 0 saturated carbocycles. The molecule has 2 aliphatic rings. The lowest BCUT2D eigenvalue weighted by Crippen LogP contribution is -2.52. The first-order valence-corrected chi connectivity index (χ1v) is 11.4. The first kappa shape index (κ1) is 22.0. The molecule has 2 aliphatic heterocycles. The van der Waals surface area contributed by atoms with Crippen LogP contribution in [0.15, 0.2) is 12.7 Å². The van der Waals surface area contributed by atoms with Crippen LogP contribution in [0.4, 0.5) is 0 Å². The van der Waals surface area contributed by atoms with E-state index in [1.54, 1.807) is 25.1 Å². The van der Waals surface area contributed by atoms with Crippen molar-refractivity contribution < 1.29 is 14.3 Å². The largest absolute Gasteiger partial charge is 0.479 e. The second kappa shape index (κ2) is 10.4. The van der Waals surface area contributed by atoms with Crippen molar-refractivity contribution >= 4 is 17.1 Å². The molecule has 9 heteroatoms. The summed E-state index contributed by atoms with van der Waals surface area (Å²) in [4.78, 5) is 30.9. The van der Waals surface area contributed by atoms with E-state index in [1.165, 1.54) is 51.5 Å². The van der Waals surface area contributed by atoms with Gasteiger partial charge in [0.25, 0.3) is 0 Å². The molecule has 170 valence electrons. The van der Waals surface area contributed by atoms with Gasteiger partial charge in [-0.2, -0.15) is 4.98 Å². The molecule has 0 spiro atoms. The number of piperidine rings is 2. The Labute approximate surface area is 183 Å². The van der Waals surface area contributed by atoms with Crippen molar-refractivity contribution in [1.29, 1.82) is 0 Å². The van der Waals surface area contributed by atoms with Gasteiger partial charge in [0.05, 0.1) is 13.4 Å². The van der Waals surface area contributed by atoms with Crippen molar-refractivity contribution in [2.45, 2.75) is 51.1 Å². The summed E-state index contributed by atoms with van der Waals surface area (Å²) in [5, 5.41) is 0. The Hall–Kier alpha value is -2.26. The van der Waals surface area contributed by atoms with Crippen molar-refractivity contribution in [2.24, 2.45) is 5.92 Å². The lowest BCUT2D eigenvalue weighted by atomic mass is 9.83. The Morgan fingerprint density at radius 2 is 2.03 bits per heavy atom. The van der Waals surface area contributed by atoms with E-state index in [9.17, 15) is 4.79 Å². The zero-order valence-corrected chi connectivity index (χ0v) is 18.7. The number of carbonyl (C=O) groups is 1. The number of rotatable bonds is 9. The Balaban J connectivity index is 1.48. The Morgan fingerprint density at radius 1 is 1.16 bits per heavy atom. The monoisotopic (exact) mass is 430 g/mol. The zero-order chi connectivity index (χ0) is 21.6. The van der Waals surface area contributed by atoms with E-state index < -0.39 is 0 Å². The summed E-state index contributed by atoms with van der Waals surface area (Å²) in [7, 11) is 3.26. The highest BCUT2D eigenvalue weighted by Crippen LogP contribution is 2.31. The molecule has 9 nitrogen and oxygen atoms in total. The highest BCUT2D eigenvalue weighted by Gasteiger charge is 2.34. The number of fused-ring (bicyclic) bond motifs is 2. The van der Waals surface area contributed by atoms with Crippen LogP contribution in [0.2, 0.25) is 0 Å². The summed E-state index contributed by atoms with van der Waals surface area (Å²) in [5.41, 5.74) is 1.20. The van der Waals surface area contributed by atoms with E-state index in [0.29, 0.717) is 42.2 Å². The van der Waals surface area contributed by atoms with Gasteiger partial charge in [0.2, 0.25) is 11.8 Å². The van der Waals surface area contributed by atoms with Gasteiger partial charge < -0.3 is 23.8 Å². The van der Waals surface area contributed by atoms with E-state index in [4.69, 9.17) is 9.47 Å². The van der Waals surface area contributed by atoms with Crippen molar-refractivity contribution in [3.05, 3.63) is 12.7 Å². The van der Waals surface area contributed by atoms with Gasteiger partial charge in [0.15, 0.2) is 11.2 Å². The summed E-state index contributed by atoms with van der Waals surface area (Å²) in [6, 6.07) is 0.617. The molecule has 1 amide bonds. The van der Waals surface area contributed by atoms with Gasteiger partial charge in [0, 0.05) is 32.8 Å². The van der Waals surface area contributed by atoms with Gasteiger partial charge >= 0.3 is 0 Å². The van der Waals surface area contributed by atoms with Crippen molar-refractivity contribution in [1.82, 2.24) is 29.3 Å². The SMILES string of the molecule is COCCCN(C[C@@H]1CCCN2CCCC[C@H]12)C(=O)Cn1cnc2c(OC)ncnc21. The molecule has 2 atom stereocenters. The second-order valence-electron chi connectivity index (χ2n) is 8.62. The predicted octanol–water partition coefficient (Wildman–Crippen LogP) is 1.96. The first-order chi connectivity index (χ1) is 15.2. The lowest BCUT2D eigenvalue weighted by molar-refractivity contribution is -0.133. The van der Waals surface area contributed by atoms with E-state index in [1.807, 2.05) is 4.90 Å². The fraction of sp³-hybridized carbons (Fsp3) is 0.727. The second-order valence-corrected chi connectivity index (χ2v) is 8.62. The molecular weight excluding hydrogens is 396 g/mol. The molecule has 2 saturated heterocycles. The summed E-state index contributed by atoms with van der Waals surface area (Å²) in [6.07, 6.45) is 10.2. The zero-order valence-electron chi connectivity index (χ0n) is 18.7. The Kier molecular flexibility index (Phi) is 7.34. The highest BCUT2D eigenvalue weighted by molar-refractivity contribution is 5.80. The maximum atomic E-state index is 13.4. The number of hydrogen-bond acceptors (Lipinski definition) is 7. The normalized spacial score (nSPS) is 21.7. The standard InChI is InChI=1S/C22H34N6O3/c1-30-12-6-11-27(13-17-7-5-10-26-9-4-3-8-18(17)26)19(29)14-28-16-25-20-21(28)23-15-24-22(20)31-2/h15-18H,3-14H2,1-2H3/t17-,18+/m0/s1. The Morgan fingerprint density at radius 3 is 2.87 bits per heavy atom. The van der Waals surface area contributed by atoms with E-state index in [-0.39, 0.29) is 12.5 Å². The fourth-order valence-corrected chi connectivity index (χ4v) is 5.16. The van der Waals surface area contributed by atoms with Crippen LogP contribution in [0.25, 0.3) is 11.2 Å². The minimum atomic E-state index is 0.0981. The van der Waals surface area contributed by atoms with Gasteiger partial charge in [0.1, 0.15) is 12.9 Å². The molecule has 0 unspecified atom stereocenters. The number of methoxy groups -OCH3 is 2. The van der Waals surface area contributed by atoms with Gasteiger partial charge in [-0.15, -0.1) is 0 Å². The molecule has 0 aromatic carbocycles. The number of carbonyl (C=O) groups excluding carboxylic acids is 1. The van der Waals surface area contributed by atoms with E-state index >= 15 is 0 Å². The van der Waals surface area contributed by atoms with Gasteiger partial charge in [-0.25, -0.2) is 9.97 Å². The molecule has 4 rings (SSSR count). The number of nitrogens with zero attached hydrogens (tertiary/aromatic N) is 6. The van der Waals surface area contributed by atoms with Crippen LogP contribution < -0.4 is 4.74 Å².